The van der Waals surface area contributed by atoms with Crippen molar-refractivity contribution in [1.82, 2.24) is 0 Å². The molecule has 0 saturated carbocycles. The Bertz CT molecular complexity index is 1360. The lowest BCUT2D eigenvalue weighted by Crippen LogP contribution is -2.02. The van der Waals surface area contributed by atoms with Gasteiger partial charge in [-0.3, -0.25) is 0 Å². The molecular weight excluding hydrogens is 445 g/mol. The molecule has 0 amide bonds. The largest absolute Gasteiger partial charge is 0.435 e. The van der Waals surface area contributed by atoms with E-state index in [1.165, 1.54) is 17.7 Å². The Morgan fingerprint density at radius 2 is 1.43 bits per heavy atom. The van der Waals surface area contributed by atoms with Crippen LogP contribution < -0.4 is 4.74 Å². The lowest BCUT2D eigenvalue weighted by atomic mass is 9.99. The van der Waals surface area contributed by atoms with Gasteiger partial charge in [0.1, 0.15) is 11.6 Å². The maximum atomic E-state index is 15.1. The first-order chi connectivity index (χ1) is 17.0. The van der Waals surface area contributed by atoms with Crippen molar-refractivity contribution in [3.8, 4) is 17.6 Å². The lowest BCUT2D eigenvalue weighted by Gasteiger charge is -2.08. The van der Waals surface area contributed by atoms with E-state index in [1.807, 2.05) is 36.4 Å². The predicted octanol–water partition coefficient (Wildman–Crippen LogP) is 7.88. The summed E-state index contributed by atoms with van der Waals surface area (Å²) < 4.78 is 44.1. The van der Waals surface area contributed by atoms with Crippen molar-refractivity contribution in [3.05, 3.63) is 125 Å². The van der Waals surface area contributed by atoms with Crippen molar-refractivity contribution in [2.75, 3.05) is 0 Å². The summed E-state index contributed by atoms with van der Waals surface area (Å²) in [6, 6.07) is 23.8. The summed E-state index contributed by atoms with van der Waals surface area (Å²) in [7, 11) is 0. The van der Waals surface area contributed by atoms with Gasteiger partial charge in [0.2, 0.25) is 0 Å². The van der Waals surface area contributed by atoms with Crippen LogP contribution >= 0.6 is 0 Å². The van der Waals surface area contributed by atoms with E-state index in [4.69, 9.17) is 0 Å². The Kier molecular flexibility index (Phi) is 7.90. The highest BCUT2D eigenvalue weighted by Crippen LogP contribution is 2.24. The third-order valence-corrected chi connectivity index (χ3v) is 5.81. The van der Waals surface area contributed by atoms with Crippen LogP contribution in [0.25, 0.3) is 10.8 Å². The first kappa shape index (κ1) is 24.2. The van der Waals surface area contributed by atoms with Gasteiger partial charge >= 0.3 is 6.61 Å². The summed E-state index contributed by atoms with van der Waals surface area (Å²) >= 11 is 0. The Morgan fingerprint density at radius 1 is 0.771 bits per heavy atom. The van der Waals surface area contributed by atoms with E-state index >= 15 is 4.39 Å². The fourth-order valence-corrected chi connectivity index (χ4v) is 3.89. The van der Waals surface area contributed by atoms with Gasteiger partial charge in [0.05, 0.1) is 0 Å². The molecule has 4 rings (SSSR count). The number of ether oxygens (including phenoxy) is 1. The van der Waals surface area contributed by atoms with E-state index < -0.39 is 6.61 Å². The van der Waals surface area contributed by atoms with E-state index in [9.17, 15) is 8.78 Å². The number of alkyl halides is 2. The summed E-state index contributed by atoms with van der Waals surface area (Å²) in [5.41, 5.74) is 4.55. The van der Waals surface area contributed by atoms with Gasteiger partial charge in [-0.1, -0.05) is 60.4 Å². The number of hydrogen-bond acceptors (Lipinski definition) is 1. The third kappa shape index (κ3) is 6.55. The number of allylic oxidation sites excluding steroid dienone is 1. The van der Waals surface area contributed by atoms with Gasteiger partial charge in [-0.2, -0.15) is 8.78 Å². The number of aryl methyl sites for hydroxylation is 3. The molecule has 0 radical (unpaired) electrons. The lowest BCUT2D eigenvalue weighted by molar-refractivity contribution is -0.0498. The second-order valence-corrected chi connectivity index (χ2v) is 8.27. The van der Waals surface area contributed by atoms with Crippen molar-refractivity contribution < 1.29 is 17.9 Å². The van der Waals surface area contributed by atoms with E-state index in [-0.39, 0.29) is 11.6 Å². The fraction of sp³-hybridized carbons (Fsp3) is 0.161. The van der Waals surface area contributed by atoms with Crippen LogP contribution in [-0.4, -0.2) is 6.61 Å². The van der Waals surface area contributed by atoms with Gasteiger partial charge in [-0.15, -0.1) is 6.58 Å². The molecule has 0 saturated heterocycles. The minimum Gasteiger partial charge on any atom is -0.435 e. The predicted molar refractivity (Wildman–Crippen MR) is 135 cm³/mol. The Morgan fingerprint density at radius 3 is 2.14 bits per heavy atom. The molecule has 0 aliphatic carbocycles. The van der Waals surface area contributed by atoms with Gasteiger partial charge in [-0.25, -0.2) is 4.39 Å². The second-order valence-electron chi connectivity index (χ2n) is 8.27. The summed E-state index contributed by atoms with van der Waals surface area (Å²) in [6.07, 6.45) is 4.92. The van der Waals surface area contributed by atoms with Crippen molar-refractivity contribution in [2.24, 2.45) is 0 Å². The molecule has 176 valence electrons. The zero-order valence-electron chi connectivity index (χ0n) is 19.2. The quantitative estimate of drug-likeness (QED) is 0.188. The first-order valence-corrected chi connectivity index (χ1v) is 11.5. The highest BCUT2D eigenvalue weighted by Gasteiger charge is 2.09. The molecule has 0 fully saturated rings. The van der Waals surface area contributed by atoms with Crippen molar-refractivity contribution in [3.63, 3.8) is 0 Å². The van der Waals surface area contributed by atoms with Crippen molar-refractivity contribution in [2.45, 2.75) is 32.3 Å². The fourth-order valence-electron chi connectivity index (χ4n) is 3.89. The zero-order valence-corrected chi connectivity index (χ0v) is 19.2. The number of fused-ring (bicyclic) bond motifs is 1. The zero-order chi connectivity index (χ0) is 24.6. The van der Waals surface area contributed by atoms with Crippen molar-refractivity contribution in [1.29, 1.82) is 0 Å². The van der Waals surface area contributed by atoms with Gasteiger partial charge in [0.25, 0.3) is 0 Å². The van der Waals surface area contributed by atoms with E-state index in [1.54, 1.807) is 24.3 Å². The van der Waals surface area contributed by atoms with Crippen LogP contribution in [0.3, 0.4) is 0 Å². The van der Waals surface area contributed by atoms with Crippen LogP contribution in [0.1, 0.15) is 34.2 Å². The second kappa shape index (κ2) is 11.4. The molecule has 0 unspecified atom stereocenters. The monoisotopic (exact) mass is 470 g/mol. The van der Waals surface area contributed by atoms with Crippen LogP contribution in [0.2, 0.25) is 0 Å². The van der Waals surface area contributed by atoms with Gasteiger partial charge in [0, 0.05) is 16.5 Å². The van der Waals surface area contributed by atoms with E-state index in [0.717, 1.165) is 34.9 Å². The van der Waals surface area contributed by atoms with E-state index in [0.29, 0.717) is 23.8 Å². The van der Waals surface area contributed by atoms with Crippen LogP contribution in [0.5, 0.6) is 5.75 Å². The summed E-state index contributed by atoms with van der Waals surface area (Å²) in [6.45, 7) is 0.901. The molecule has 0 atom stereocenters. The van der Waals surface area contributed by atoms with Crippen LogP contribution in [0, 0.1) is 17.7 Å². The number of rotatable bonds is 8. The highest BCUT2D eigenvalue weighted by atomic mass is 19.3. The molecule has 0 spiro atoms. The number of benzene rings is 4. The summed E-state index contributed by atoms with van der Waals surface area (Å²) in [5.74, 6) is 6.21. The molecular formula is C31H25F3O. The minimum absolute atomic E-state index is 0.111. The smallest absolute Gasteiger partial charge is 0.387 e. The molecule has 0 N–H and O–H groups in total. The van der Waals surface area contributed by atoms with Crippen LogP contribution in [0.15, 0.2) is 91.5 Å². The summed E-state index contributed by atoms with van der Waals surface area (Å²) in [5, 5.41) is 1.35. The Labute approximate surface area is 203 Å². The molecule has 0 bridgehead atoms. The maximum absolute atomic E-state index is 15.1. The average molecular weight is 471 g/mol. The van der Waals surface area contributed by atoms with Gasteiger partial charge < -0.3 is 4.74 Å². The Hall–Kier alpha value is -3.97. The molecule has 4 aromatic rings. The normalized spacial score (nSPS) is 10.7. The molecule has 0 aliphatic heterocycles. The van der Waals surface area contributed by atoms with Gasteiger partial charge in [-0.05, 0) is 84.2 Å². The molecule has 0 aliphatic rings. The van der Waals surface area contributed by atoms with Crippen molar-refractivity contribution >= 4 is 10.8 Å². The highest BCUT2D eigenvalue weighted by molar-refractivity contribution is 5.85. The molecule has 0 aromatic heterocycles. The first-order valence-electron chi connectivity index (χ1n) is 11.5. The minimum atomic E-state index is -2.85. The topological polar surface area (TPSA) is 9.23 Å². The standard InChI is InChI=1S/C31H25F3O/c1-2-3-4-22-5-7-23(8-6-22)9-10-25-14-20-29-27(21-25)17-16-26(30(29)32)15-11-24-12-18-28(19-13-24)35-31(33)34/h2,5-8,12-14,16-21,31H,1,3-4,11,15H2. The molecule has 4 heteroatoms. The average Bonchev–Trinajstić information content (AvgIpc) is 2.87. The van der Waals surface area contributed by atoms with Crippen LogP contribution in [0.4, 0.5) is 13.2 Å². The summed E-state index contributed by atoms with van der Waals surface area (Å²) in [4.78, 5) is 0. The van der Waals surface area contributed by atoms with Crippen LogP contribution in [-0.2, 0) is 19.3 Å². The molecule has 35 heavy (non-hydrogen) atoms. The SMILES string of the molecule is C=CCCc1ccc(C#Cc2ccc3c(F)c(CCc4ccc(OC(F)F)cc4)ccc3c2)cc1. The third-order valence-electron chi connectivity index (χ3n) is 5.81. The number of halogens is 3. The maximum Gasteiger partial charge on any atom is 0.387 e. The number of hydrogen-bond donors (Lipinski definition) is 0. The molecule has 0 heterocycles. The van der Waals surface area contributed by atoms with E-state index in [2.05, 4.69) is 35.3 Å². The van der Waals surface area contributed by atoms with Gasteiger partial charge in [0.15, 0.2) is 0 Å². The molecule has 1 nitrogen and oxygen atoms in total. The molecule has 4 aromatic carbocycles. The Balaban J connectivity index is 1.44.